The zero-order valence-electron chi connectivity index (χ0n) is 13.3. The van der Waals surface area contributed by atoms with Gasteiger partial charge in [-0.3, -0.25) is 0 Å². The Balaban J connectivity index is 1.90. The molecule has 0 aliphatic carbocycles. The number of thioether (sulfide) groups is 1. The second-order valence-corrected chi connectivity index (χ2v) is 7.65. The van der Waals surface area contributed by atoms with Gasteiger partial charge in [-0.2, -0.15) is 13.2 Å². The van der Waals surface area contributed by atoms with E-state index in [0.717, 1.165) is 22.6 Å². The molecule has 0 spiro atoms. The Hall–Kier alpha value is -1.63. The van der Waals surface area contributed by atoms with Crippen molar-refractivity contribution in [1.82, 2.24) is 9.55 Å². The molecule has 1 atom stereocenters. The molecule has 0 radical (unpaired) electrons. The smallest absolute Gasteiger partial charge is 0.336 e. The van der Waals surface area contributed by atoms with Gasteiger partial charge in [-0.1, -0.05) is 35.3 Å². The summed E-state index contributed by atoms with van der Waals surface area (Å²) in [5.41, 5.74) is 0.0971. The van der Waals surface area contributed by atoms with Crippen molar-refractivity contribution >= 4 is 35.0 Å². The fourth-order valence-electron chi connectivity index (χ4n) is 2.41. The second kappa shape index (κ2) is 7.94. The zero-order valence-corrected chi connectivity index (χ0v) is 15.6. The Bertz CT molecular complexity index is 865. The van der Waals surface area contributed by atoms with Crippen molar-refractivity contribution in [3.8, 4) is 0 Å². The highest BCUT2D eigenvalue weighted by molar-refractivity contribution is 7.99. The molecule has 2 aromatic carbocycles. The average molecular weight is 417 g/mol. The van der Waals surface area contributed by atoms with Crippen molar-refractivity contribution in [1.29, 1.82) is 0 Å². The standard InChI is InChI=1S/C18H13Cl2F3N2S/c19-14-5-6-16(15(20)9-14)26-17(10-25-8-7-24-11-25)12-1-3-13(4-2-12)18(21,22)23/h1-9,11,17H,10H2. The van der Waals surface area contributed by atoms with E-state index in [-0.39, 0.29) is 5.25 Å². The number of rotatable bonds is 5. The minimum Gasteiger partial charge on any atom is -0.336 e. The van der Waals surface area contributed by atoms with Crippen molar-refractivity contribution in [3.63, 3.8) is 0 Å². The van der Waals surface area contributed by atoms with Crippen LogP contribution in [0.2, 0.25) is 10.0 Å². The first-order chi connectivity index (χ1) is 12.3. The third kappa shape index (κ3) is 4.75. The van der Waals surface area contributed by atoms with Crippen molar-refractivity contribution in [2.45, 2.75) is 22.9 Å². The summed E-state index contributed by atoms with van der Waals surface area (Å²) >= 11 is 13.7. The van der Waals surface area contributed by atoms with Gasteiger partial charge in [0.15, 0.2) is 0 Å². The lowest BCUT2D eigenvalue weighted by molar-refractivity contribution is -0.137. The Labute approximate surface area is 163 Å². The van der Waals surface area contributed by atoms with E-state index in [1.807, 2.05) is 4.57 Å². The molecule has 0 N–H and O–H groups in total. The van der Waals surface area contributed by atoms with Gasteiger partial charge in [0.2, 0.25) is 0 Å². The summed E-state index contributed by atoms with van der Waals surface area (Å²) in [7, 11) is 0. The first kappa shape index (κ1) is 19.1. The number of aromatic nitrogens is 2. The summed E-state index contributed by atoms with van der Waals surface area (Å²) in [5.74, 6) is 0. The minimum atomic E-state index is -4.36. The van der Waals surface area contributed by atoms with E-state index in [0.29, 0.717) is 16.6 Å². The first-order valence-electron chi connectivity index (χ1n) is 7.57. The first-order valence-corrected chi connectivity index (χ1v) is 9.21. The molecular weight excluding hydrogens is 404 g/mol. The monoisotopic (exact) mass is 416 g/mol. The van der Waals surface area contributed by atoms with Crippen LogP contribution in [-0.2, 0) is 12.7 Å². The molecule has 0 saturated heterocycles. The molecule has 1 unspecified atom stereocenters. The molecule has 136 valence electrons. The maximum absolute atomic E-state index is 12.8. The Morgan fingerprint density at radius 2 is 1.81 bits per heavy atom. The maximum Gasteiger partial charge on any atom is 0.416 e. The fraction of sp³-hybridized carbons (Fsp3) is 0.167. The number of hydrogen-bond acceptors (Lipinski definition) is 2. The second-order valence-electron chi connectivity index (χ2n) is 5.56. The topological polar surface area (TPSA) is 17.8 Å². The van der Waals surface area contributed by atoms with Gasteiger partial charge in [-0.25, -0.2) is 4.98 Å². The molecule has 0 saturated carbocycles. The van der Waals surface area contributed by atoms with Crippen LogP contribution >= 0.6 is 35.0 Å². The van der Waals surface area contributed by atoms with Gasteiger partial charge in [0.05, 0.1) is 22.2 Å². The summed E-state index contributed by atoms with van der Waals surface area (Å²) in [4.78, 5) is 4.82. The lowest BCUT2D eigenvalue weighted by Crippen LogP contribution is -2.07. The number of nitrogens with zero attached hydrogens (tertiary/aromatic N) is 2. The number of hydrogen-bond donors (Lipinski definition) is 0. The van der Waals surface area contributed by atoms with E-state index in [9.17, 15) is 13.2 Å². The van der Waals surface area contributed by atoms with Crippen LogP contribution in [0.25, 0.3) is 0 Å². The highest BCUT2D eigenvalue weighted by atomic mass is 35.5. The van der Waals surface area contributed by atoms with Crippen LogP contribution in [0.1, 0.15) is 16.4 Å². The number of benzene rings is 2. The fourth-order valence-corrected chi connectivity index (χ4v) is 4.11. The van der Waals surface area contributed by atoms with Crippen LogP contribution < -0.4 is 0 Å². The van der Waals surface area contributed by atoms with Gasteiger partial charge in [0.25, 0.3) is 0 Å². The van der Waals surface area contributed by atoms with Crippen molar-refractivity contribution in [2.75, 3.05) is 0 Å². The molecule has 1 heterocycles. The van der Waals surface area contributed by atoms with E-state index < -0.39 is 11.7 Å². The molecule has 0 amide bonds. The minimum absolute atomic E-state index is 0.148. The predicted octanol–water partition coefficient (Wildman–Crippen LogP) is 6.74. The quantitative estimate of drug-likeness (QED) is 0.428. The molecule has 26 heavy (non-hydrogen) atoms. The van der Waals surface area contributed by atoms with Gasteiger partial charge in [0, 0.05) is 28.9 Å². The van der Waals surface area contributed by atoms with Gasteiger partial charge in [-0.15, -0.1) is 11.8 Å². The SMILES string of the molecule is FC(F)(F)c1ccc(C(Cn2ccnc2)Sc2ccc(Cl)cc2Cl)cc1. The average Bonchev–Trinajstić information content (AvgIpc) is 3.09. The molecule has 3 rings (SSSR count). The molecule has 2 nitrogen and oxygen atoms in total. The highest BCUT2D eigenvalue weighted by Crippen LogP contribution is 2.41. The Morgan fingerprint density at radius 1 is 1.08 bits per heavy atom. The largest absolute Gasteiger partial charge is 0.416 e. The van der Waals surface area contributed by atoms with Crippen LogP contribution in [0, 0.1) is 0 Å². The van der Waals surface area contributed by atoms with Gasteiger partial charge in [0.1, 0.15) is 0 Å². The van der Waals surface area contributed by atoms with Gasteiger partial charge < -0.3 is 4.57 Å². The van der Waals surface area contributed by atoms with Crippen molar-refractivity contribution in [3.05, 3.63) is 82.4 Å². The lowest BCUT2D eigenvalue weighted by Gasteiger charge is -2.19. The van der Waals surface area contributed by atoms with Crippen LogP contribution in [0.4, 0.5) is 13.2 Å². The molecule has 8 heteroatoms. The van der Waals surface area contributed by atoms with E-state index >= 15 is 0 Å². The number of alkyl halides is 3. The molecule has 0 fully saturated rings. The Kier molecular flexibility index (Phi) is 5.85. The summed E-state index contributed by atoms with van der Waals surface area (Å²) in [6.07, 6.45) is 0.775. The summed E-state index contributed by atoms with van der Waals surface area (Å²) in [6, 6.07) is 10.4. The zero-order chi connectivity index (χ0) is 18.7. The maximum atomic E-state index is 12.8. The number of halogens is 5. The summed E-state index contributed by atoms with van der Waals surface area (Å²) in [5, 5.41) is 0.884. The normalized spacial score (nSPS) is 13.0. The highest BCUT2D eigenvalue weighted by Gasteiger charge is 2.30. The van der Waals surface area contributed by atoms with Crippen LogP contribution in [-0.4, -0.2) is 9.55 Å². The molecule has 0 aliphatic rings. The predicted molar refractivity (Wildman–Crippen MR) is 98.7 cm³/mol. The van der Waals surface area contributed by atoms with Crippen LogP contribution in [0.3, 0.4) is 0 Å². The molecule has 3 aromatic rings. The van der Waals surface area contributed by atoms with E-state index in [2.05, 4.69) is 4.98 Å². The van der Waals surface area contributed by atoms with Gasteiger partial charge in [-0.05, 0) is 35.9 Å². The van der Waals surface area contributed by atoms with Crippen molar-refractivity contribution in [2.24, 2.45) is 0 Å². The number of imidazole rings is 1. The molecule has 1 aromatic heterocycles. The van der Waals surface area contributed by atoms with Gasteiger partial charge >= 0.3 is 6.18 Å². The molecular formula is C18H13Cl2F3N2S. The Morgan fingerprint density at radius 3 is 2.38 bits per heavy atom. The van der Waals surface area contributed by atoms with E-state index in [1.165, 1.54) is 23.9 Å². The summed E-state index contributed by atoms with van der Waals surface area (Å²) < 4.78 is 40.3. The lowest BCUT2D eigenvalue weighted by atomic mass is 10.1. The summed E-state index contributed by atoms with van der Waals surface area (Å²) in [6.45, 7) is 0.537. The van der Waals surface area contributed by atoms with Crippen LogP contribution in [0.5, 0.6) is 0 Å². The van der Waals surface area contributed by atoms with Crippen LogP contribution in [0.15, 0.2) is 66.1 Å². The third-order valence-electron chi connectivity index (χ3n) is 3.71. The molecule has 0 aliphatic heterocycles. The van der Waals surface area contributed by atoms with E-state index in [4.69, 9.17) is 23.2 Å². The van der Waals surface area contributed by atoms with E-state index in [1.54, 1.807) is 36.9 Å². The molecule has 0 bridgehead atoms. The third-order valence-corrected chi connectivity index (χ3v) is 5.68. The van der Waals surface area contributed by atoms with Crippen molar-refractivity contribution < 1.29 is 13.2 Å².